The van der Waals surface area contributed by atoms with Crippen LogP contribution in [0.15, 0.2) is 40.8 Å². The predicted molar refractivity (Wildman–Crippen MR) is 172 cm³/mol. The number of ketones is 2. The standard InChI is InChI=1S/C36H39ClN2O7/c1-20-16-26-29(34(41)36(20)35(42)30-25(43-2)18-27(44-3)31(37)33(30)46-36)23(32(45-26)21-10-5-4-6-11-21)17-28(40)38-19-22-12-9-15-39-14-8-7-13-24(22)39/h4-6,10-11,18,20,22,24H,7-9,12-17,19H2,1-3H3,(H,38,40)/t20-,22+,24-,36+/m1/s1. The van der Waals surface area contributed by atoms with Crippen LogP contribution in [0.2, 0.25) is 5.02 Å². The SMILES string of the molecule is COc1cc(OC)c2c(c1Cl)O[C@@]1(C(=O)c3c(oc(-c4ccccc4)c3CC(=O)NC[C@@H]3CCCN4CCCC[C@H]34)C[C@H]1C)C2=O. The summed E-state index contributed by atoms with van der Waals surface area (Å²) in [5.41, 5.74) is -0.357. The lowest BCUT2D eigenvalue weighted by atomic mass is 9.70. The van der Waals surface area contributed by atoms with Crippen LogP contribution < -0.4 is 19.5 Å². The van der Waals surface area contributed by atoms with Crippen LogP contribution in [0, 0.1) is 11.8 Å². The van der Waals surface area contributed by atoms with Crippen molar-refractivity contribution >= 4 is 29.1 Å². The van der Waals surface area contributed by atoms with Crippen LogP contribution in [-0.2, 0) is 17.6 Å². The fourth-order valence-corrected chi connectivity index (χ4v) is 8.37. The zero-order chi connectivity index (χ0) is 32.2. The molecule has 0 unspecified atom stereocenters. The molecule has 4 aliphatic rings. The van der Waals surface area contributed by atoms with Crippen molar-refractivity contribution in [3.05, 3.63) is 63.9 Å². The lowest BCUT2D eigenvalue weighted by Gasteiger charge is -2.44. The Balaban J connectivity index is 1.24. The van der Waals surface area contributed by atoms with E-state index in [0.29, 0.717) is 35.6 Å². The third-order valence-electron chi connectivity index (χ3n) is 10.4. The molecule has 3 aromatic rings. The van der Waals surface area contributed by atoms with Gasteiger partial charge < -0.3 is 28.8 Å². The molecule has 46 heavy (non-hydrogen) atoms. The minimum Gasteiger partial charge on any atom is -0.496 e. The van der Waals surface area contributed by atoms with E-state index in [1.165, 1.54) is 39.5 Å². The predicted octanol–water partition coefficient (Wildman–Crippen LogP) is 5.93. The van der Waals surface area contributed by atoms with Crippen molar-refractivity contribution in [3.8, 4) is 28.6 Å². The second-order valence-corrected chi connectivity index (χ2v) is 13.3. The van der Waals surface area contributed by atoms with Crippen LogP contribution >= 0.6 is 11.6 Å². The zero-order valence-corrected chi connectivity index (χ0v) is 27.2. The summed E-state index contributed by atoms with van der Waals surface area (Å²) in [7, 11) is 2.89. The summed E-state index contributed by atoms with van der Waals surface area (Å²) in [5, 5.41) is 3.28. The van der Waals surface area contributed by atoms with Gasteiger partial charge in [0.2, 0.25) is 23.1 Å². The molecule has 9 nitrogen and oxygen atoms in total. The van der Waals surface area contributed by atoms with Gasteiger partial charge in [0.15, 0.2) is 5.75 Å². The number of carbonyl (C=O) groups is 3. The third kappa shape index (κ3) is 4.82. The quantitative estimate of drug-likeness (QED) is 0.315. The summed E-state index contributed by atoms with van der Waals surface area (Å²) in [4.78, 5) is 45.3. The van der Waals surface area contributed by atoms with Crippen molar-refractivity contribution in [3.63, 3.8) is 0 Å². The van der Waals surface area contributed by atoms with Crippen molar-refractivity contribution < 1.29 is 33.0 Å². The van der Waals surface area contributed by atoms with E-state index in [1.54, 1.807) is 6.92 Å². The molecule has 1 aromatic heterocycles. The number of nitrogens with one attached hydrogen (secondary N) is 1. The Morgan fingerprint density at radius 3 is 2.52 bits per heavy atom. The zero-order valence-electron chi connectivity index (χ0n) is 26.5. The van der Waals surface area contributed by atoms with Gasteiger partial charge in [-0.15, -0.1) is 0 Å². The van der Waals surface area contributed by atoms with Crippen LogP contribution in [0.1, 0.15) is 71.1 Å². The third-order valence-corrected chi connectivity index (χ3v) is 10.8. The maximum atomic E-state index is 14.7. The highest BCUT2D eigenvalue weighted by Gasteiger charge is 2.63. The number of benzene rings is 2. The summed E-state index contributed by atoms with van der Waals surface area (Å²) in [6, 6.07) is 11.5. The number of halogens is 1. The maximum absolute atomic E-state index is 14.7. The first-order valence-corrected chi connectivity index (χ1v) is 16.6. The summed E-state index contributed by atoms with van der Waals surface area (Å²) < 4.78 is 23.7. The minimum atomic E-state index is -1.89. The largest absolute Gasteiger partial charge is 0.496 e. The number of hydrogen-bond acceptors (Lipinski definition) is 8. The number of fused-ring (bicyclic) bond motifs is 3. The monoisotopic (exact) mass is 646 g/mol. The van der Waals surface area contributed by atoms with E-state index in [1.807, 2.05) is 30.3 Å². The Hall–Kier alpha value is -3.82. The summed E-state index contributed by atoms with van der Waals surface area (Å²) in [5.74, 6) is -0.0339. The molecule has 2 aromatic carbocycles. The van der Waals surface area contributed by atoms with Crippen LogP contribution in [0.4, 0.5) is 0 Å². The van der Waals surface area contributed by atoms with Gasteiger partial charge in [0.1, 0.15) is 33.6 Å². The number of piperidine rings is 2. The first-order valence-electron chi connectivity index (χ1n) is 16.2. The fraction of sp³-hybridized carbons (Fsp3) is 0.472. The number of methoxy groups -OCH3 is 2. The van der Waals surface area contributed by atoms with Gasteiger partial charge in [-0.05, 0) is 44.7 Å². The smallest absolute Gasteiger partial charge is 0.237 e. The molecule has 0 bridgehead atoms. The van der Waals surface area contributed by atoms with Gasteiger partial charge in [0.25, 0.3) is 0 Å². The van der Waals surface area contributed by atoms with Crippen molar-refractivity contribution in [1.29, 1.82) is 0 Å². The van der Waals surface area contributed by atoms with Gasteiger partial charge in [0.05, 0.1) is 26.2 Å². The van der Waals surface area contributed by atoms with Gasteiger partial charge in [-0.2, -0.15) is 0 Å². The van der Waals surface area contributed by atoms with Crippen LogP contribution in [-0.4, -0.2) is 67.9 Å². The molecular formula is C36H39ClN2O7. The van der Waals surface area contributed by atoms with Crippen molar-refractivity contribution in [2.24, 2.45) is 11.8 Å². The molecule has 0 radical (unpaired) electrons. The first-order chi connectivity index (χ1) is 22.3. The average Bonchev–Trinajstić information content (AvgIpc) is 3.59. The molecule has 2 saturated heterocycles. The van der Waals surface area contributed by atoms with Crippen molar-refractivity contribution in [2.45, 2.75) is 63.5 Å². The highest BCUT2D eigenvalue weighted by atomic mass is 35.5. The van der Waals surface area contributed by atoms with Crippen LogP contribution in [0.5, 0.6) is 17.2 Å². The lowest BCUT2D eigenvalue weighted by Crippen LogP contribution is -2.56. The van der Waals surface area contributed by atoms with Gasteiger partial charge >= 0.3 is 0 Å². The number of furan rings is 1. The number of Topliss-reactive ketones (excluding diaryl/α,β-unsaturated/α-hetero) is 2. The molecular weight excluding hydrogens is 608 g/mol. The van der Waals surface area contributed by atoms with E-state index >= 15 is 0 Å². The number of ether oxygens (including phenoxy) is 3. The van der Waals surface area contributed by atoms with E-state index in [0.717, 1.165) is 31.5 Å². The van der Waals surface area contributed by atoms with Gasteiger partial charge in [-0.25, -0.2) is 0 Å². The Kier molecular flexibility index (Phi) is 8.09. The molecule has 4 atom stereocenters. The Morgan fingerprint density at radius 1 is 1.02 bits per heavy atom. The summed E-state index contributed by atoms with van der Waals surface area (Å²) >= 11 is 6.63. The van der Waals surface area contributed by atoms with Crippen LogP contribution in [0.3, 0.4) is 0 Å². The molecule has 1 spiro atoms. The summed E-state index contributed by atoms with van der Waals surface area (Å²) in [6.07, 6.45) is 6.04. The number of amides is 1. The van der Waals surface area contributed by atoms with Gasteiger partial charge in [-0.1, -0.05) is 55.3 Å². The first kappa shape index (κ1) is 30.8. The highest BCUT2D eigenvalue weighted by Crippen LogP contribution is 2.54. The lowest BCUT2D eigenvalue weighted by molar-refractivity contribution is -0.120. The van der Waals surface area contributed by atoms with Gasteiger partial charge in [-0.3, -0.25) is 14.4 Å². The van der Waals surface area contributed by atoms with E-state index in [9.17, 15) is 14.4 Å². The second-order valence-electron chi connectivity index (χ2n) is 13.0. The number of nitrogens with zero attached hydrogens (tertiary/aromatic N) is 1. The normalized spacial score (nSPS) is 25.4. The number of hydrogen-bond donors (Lipinski definition) is 1. The van der Waals surface area contributed by atoms with E-state index < -0.39 is 23.1 Å². The molecule has 1 aliphatic carbocycles. The van der Waals surface area contributed by atoms with Gasteiger partial charge in [0, 0.05) is 42.1 Å². The topological polar surface area (TPSA) is 107 Å². The molecule has 4 heterocycles. The highest BCUT2D eigenvalue weighted by molar-refractivity contribution is 6.36. The molecule has 7 rings (SSSR count). The number of carbonyl (C=O) groups excluding carboxylic acids is 3. The van der Waals surface area contributed by atoms with Crippen LogP contribution in [0.25, 0.3) is 11.3 Å². The molecule has 10 heteroatoms. The minimum absolute atomic E-state index is 0.0572. The molecule has 1 amide bonds. The molecule has 2 fully saturated rings. The van der Waals surface area contributed by atoms with E-state index in [4.69, 9.17) is 30.2 Å². The Labute approximate surface area is 273 Å². The summed E-state index contributed by atoms with van der Waals surface area (Å²) in [6.45, 7) is 4.64. The molecule has 1 N–H and O–H groups in total. The Morgan fingerprint density at radius 2 is 1.76 bits per heavy atom. The average molecular weight is 647 g/mol. The van der Waals surface area contributed by atoms with E-state index in [-0.39, 0.29) is 52.1 Å². The fourth-order valence-electron chi connectivity index (χ4n) is 8.11. The Bertz CT molecular complexity index is 1700. The molecule has 3 aliphatic heterocycles. The van der Waals surface area contributed by atoms with Crippen molar-refractivity contribution in [1.82, 2.24) is 10.2 Å². The maximum Gasteiger partial charge on any atom is 0.237 e. The van der Waals surface area contributed by atoms with E-state index in [2.05, 4.69) is 10.2 Å². The molecule has 0 saturated carbocycles. The van der Waals surface area contributed by atoms with Crippen molar-refractivity contribution in [2.75, 3.05) is 33.9 Å². The molecule has 242 valence electrons. The second kappa shape index (κ2) is 12.1. The number of rotatable bonds is 7.